The summed E-state index contributed by atoms with van der Waals surface area (Å²) in [7, 11) is 0. The normalized spacial score (nSPS) is 27.8. The maximum atomic E-state index is 9.22. The Balaban J connectivity index is 2.04. The molecule has 0 aromatic carbocycles. The third-order valence-electron chi connectivity index (χ3n) is 3.29. The molecule has 1 aliphatic carbocycles. The maximum Gasteiger partial charge on any atom is 0.153 e. The standard InChI is InChI=1S/C11H18N2O/c1-2-9-4-3-5-10(6-9)13-8-11(14)7-12-13/h7-10,14H,2-6H2,1H3. The molecule has 0 saturated heterocycles. The van der Waals surface area contributed by atoms with Crippen LogP contribution in [0.15, 0.2) is 12.4 Å². The van der Waals surface area contributed by atoms with Crippen LogP contribution in [0.4, 0.5) is 0 Å². The monoisotopic (exact) mass is 194 g/mol. The first-order valence-corrected chi connectivity index (χ1v) is 5.52. The van der Waals surface area contributed by atoms with Crippen LogP contribution in [0.3, 0.4) is 0 Å². The summed E-state index contributed by atoms with van der Waals surface area (Å²) >= 11 is 0. The van der Waals surface area contributed by atoms with Gasteiger partial charge in [-0.05, 0) is 18.8 Å². The van der Waals surface area contributed by atoms with E-state index in [0.29, 0.717) is 6.04 Å². The second-order valence-corrected chi connectivity index (χ2v) is 4.27. The highest BCUT2D eigenvalue weighted by atomic mass is 16.3. The van der Waals surface area contributed by atoms with Crippen LogP contribution >= 0.6 is 0 Å². The Morgan fingerprint density at radius 1 is 1.57 bits per heavy atom. The van der Waals surface area contributed by atoms with E-state index < -0.39 is 0 Å². The second kappa shape index (κ2) is 4.03. The van der Waals surface area contributed by atoms with Crippen molar-refractivity contribution in [1.82, 2.24) is 9.78 Å². The number of aromatic hydroxyl groups is 1. The molecule has 0 radical (unpaired) electrons. The van der Waals surface area contributed by atoms with Gasteiger partial charge in [0, 0.05) is 0 Å². The average Bonchev–Trinajstić information content (AvgIpc) is 2.65. The van der Waals surface area contributed by atoms with E-state index in [1.54, 1.807) is 6.20 Å². The van der Waals surface area contributed by atoms with Crippen molar-refractivity contribution in [1.29, 1.82) is 0 Å². The molecule has 2 atom stereocenters. The summed E-state index contributed by atoms with van der Waals surface area (Å²) < 4.78 is 1.93. The summed E-state index contributed by atoms with van der Waals surface area (Å²) in [6, 6.07) is 0.509. The van der Waals surface area contributed by atoms with Crippen LogP contribution in [0.1, 0.15) is 45.1 Å². The summed E-state index contributed by atoms with van der Waals surface area (Å²) in [6.45, 7) is 2.26. The minimum Gasteiger partial charge on any atom is -0.505 e. The molecular weight excluding hydrogens is 176 g/mol. The van der Waals surface area contributed by atoms with Crippen molar-refractivity contribution < 1.29 is 5.11 Å². The Morgan fingerprint density at radius 2 is 2.43 bits per heavy atom. The molecule has 0 aliphatic heterocycles. The highest BCUT2D eigenvalue weighted by molar-refractivity contribution is 5.09. The zero-order valence-electron chi connectivity index (χ0n) is 8.69. The fourth-order valence-electron chi connectivity index (χ4n) is 2.40. The molecule has 3 heteroatoms. The molecule has 14 heavy (non-hydrogen) atoms. The molecule has 2 unspecified atom stereocenters. The van der Waals surface area contributed by atoms with Gasteiger partial charge in [0.15, 0.2) is 5.75 Å². The van der Waals surface area contributed by atoms with Crippen molar-refractivity contribution in [3.05, 3.63) is 12.4 Å². The molecule has 78 valence electrons. The molecule has 1 heterocycles. The number of aromatic nitrogens is 2. The molecule has 1 aromatic rings. The fraction of sp³-hybridized carbons (Fsp3) is 0.727. The first-order valence-electron chi connectivity index (χ1n) is 5.52. The Bertz CT molecular complexity index is 295. The summed E-state index contributed by atoms with van der Waals surface area (Å²) in [5.41, 5.74) is 0. The second-order valence-electron chi connectivity index (χ2n) is 4.27. The maximum absolute atomic E-state index is 9.22. The number of hydrogen-bond acceptors (Lipinski definition) is 2. The van der Waals surface area contributed by atoms with Crippen LogP contribution in [0.2, 0.25) is 0 Å². The first kappa shape index (κ1) is 9.56. The molecule has 1 N–H and O–H groups in total. The lowest BCUT2D eigenvalue weighted by Crippen LogP contribution is -2.19. The van der Waals surface area contributed by atoms with Crippen molar-refractivity contribution in [2.24, 2.45) is 5.92 Å². The van der Waals surface area contributed by atoms with E-state index >= 15 is 0 Å². The van der Waals surface area contributed by atoms with Crippen LogP contribution in [-0.2, 0) is 0 Å². The summed E-state index contributed by atoms with van der Waals surface area (Å²) in [5, 5.41) is 13.4. The SMILES string of the molecule is CCC1CCCC(n2cc(O)cn2)C1. The molecule has 0 amide bonds. The summed E-state index contributed by atoms with van der Waals surface area (Å²) in [4.78, 5) is 0. The molecule has 1 saturated carbocycles. The zero-order valence-corrected chi connectivity index (χ0v) is 8.69. The lowest BCUT2D eigenvalue weighted by Gasteiger charge is -2.28. The zero-order chi connectivity index (χ0) is 9.97. The van der Waals surface area contributed by atoms with Crippen molar-refractivity contribution in [2.45, 2.75) is 45.1 Å². The lowest BCUT2D eigenvalue weighted by atomic mass is 9.84. The highest BCUT2D eigenvalue weighted by Gasteiger charge is 2.22. The minimum absolute atomic E-state index is 0.281. The average molecular weight is 194 g/mol. The topological polar surface area (TPSA) is 38.0 Å². The van der Waals surface area contributed by atoms with Gasteiger partial charge in [-0.25, -0.2) is 0 Å². The molecule has 3 nitrogen and oxygen atoms in total. The summed E-state index contributed by atoms with van der Waals surface area (Å²) in [6.07, 6.45) is 9.61. The van der Waals surface area contributed by atoms with Gasteiger partial charge < -0.3 is 5.11 Å². The van der Waals surface area contributed by atoms with E-state index in [2.05, 4.69) is 12.0 Å². The van der Waals surface area contributed by atoms with Gasteiger partial charge in [-0.2, -0.15) is 5.10 Å². The van der Waals surface area contributed by atoms with E-state index in [1.807, 2.05) is 4.68 Å². The number of rotatable bonds is 2. The first-order chi connectivity index (χ1) is 6.79. The lowest BCUT2D eigenvalue weighted by molar-refractivity contribution is 0.247. The largest absolute Gasteiger partial charge is 0.505 e. The van der Waals surface area contributed by atoms with Gasteiger partial charge in [0.2, 0.25) is 0 Å². The minimum atomic E-state index is 0.281. The third kappa shape index (κ3) is 1.91. The molecular formula is C11H18N2O. The van der Waals surface area contributed by atoms with Crippen molar-refractivity contribution in [3.8, 4) is 5.75 Å². The number of hydrogen-bond donors (Lipinski definition) is 1. The van der Waals surface area contributed by atoms with Crippen LogP contribution in [0.5, 0.6) is 5.75 Å². The fourth-order valence-corrected chi connectivity index (χ4v) is 2.40. The van der Waals surface area contributed by atoms with E-state index in [4.69, 9.17) is 0 Å². The Morgan fingerprint density at radius 3 is 3.07 bits per heavy atom. The quantitative estimate of drug-likeness (QED) is 0.786. The smallest absolute Gasteiger partial charge is 0.153 e. The van der Waals surface area contributed by atoms with Gasteiger partial charge in [-0.3, -0.25) is 4.68 Å². The Labute approximate surface area is 84.7 Å². The van der Waals surface area contributed by atoms with Gasteiger partial charge in [-0.1, -0.05) is 26.2 Å². The molecule has 2 rings (SSSR count). The molecule has 1 fully saturated rings. The molecule has 0 bridgehead atoms. The van der Waals surface area contributed by atoms with Gasteiger partial charge in [0.1, 0.15) is 0 Å². The van der Waals surface area contributed by atoms with E-state index in [-0.39, 0.29) is 5.75 Å². The van der Waals surface area contributed by atoms with Gasteiger partial charge in [0.05, 0.1) is 18.4 Å². The van der Waals surface area contributed by atoms with Gasteiger partial charge >= 0.3 is 0 Å². The van der Waals surface area contributed by atoms with Gasteiger partial charge in [0.25, 0.3) is 0 Å². The van der Waals surface area contributed by atoms with Crippen molar-refractivity contribution in [3.63, 3.8) is 0 Å². The van der Waals surface area contributed by atoms with Crippen LogP contribution in [0.25, 0.3) is 0 Å². The molecule has 0 spiro atoms. The highest BCUT2D eigenvalue weighted by Crippen LogP contribution is 2.34. The predicted molar refractivity (Wildman–Crippen MR) is 55.2 cm³/mol. The third-order valence-corrected chi connectivity index (χ3v) is 3.29. The number of nitrogens with zero attached hydrogens (tertiary/aromatic N) is 2. The Hall–Kier alpha value is -0.990. The Kier molecular flexibility index (Phi) is 2.75. The molecule has 1 aromatic heterocycles. The van der Waals surface area contributed by atoms with E-state index in [1.165, 1.54) is 38.3 Å². The van der Waals surface area contributed by atoms with Crippen molar-refractivity contribution in [2.75, 3.05) is 0 Å². The van der Waals surface area contributed by atoms with Crippen LogP contribution in [-0.4, -0.2) is 14.9 Å². The van der Waals surface area contributed by atoms with E-state index in [0.717, 1.165) is 5.92 Å². The predicted octanol–water partition coefficient (Wildman–Crippen LogP) is 2.73. The van der Waals surface area contributed by atoms with Crippen molar-refractivity contribution >= 4 is 0 Å². The van der Waals surface area contributed by atoms with Gasteiger partial charge in [-0.15, -0.1) is 0 Å². The van der Waals surface area contributed by atoms with E-state index in [9.17, 15) is 5.11 Å². The molecule has 1 aliphatic rings. The summed E-state index contributed by atoms with van der Waals surface area (Å²) in [5.74, 6) is 1.13. The van der Waals surface area contributed by atoms with Crippen LogP contribution in [0, 0.1) is 5.92 Å². The van der Waals surface area contributed by atoms with Crippen LogP contribution < -0.4 is 0 Å².